The number of amidine groups is 1. The van der Waals surface area contributed by atoms with Crippen molar-refractivity contribution in [1.82, 2.24) is 5.32 Å². The zero-order valence-electron chi connectivity index (χ0n) is 9.77. The van der Waals surface area contributed by atoms with Crippen LogP contribution in [0.25, 0.3) is 0 Å². The second-order valence-electron chi connectivity index (χ2n) is 4.20. The summed E-state index contributed by atoms with van der Waals surface area (Å²) in [5, 5.41) is 23.6. The van der Waals surface area contributed by atoms with Gasteiger partial charge in [-0.1, -0.05) is 25.9 Å². The molecule has 0 aromatic heterocycles. The van der Waals surface area contributed by atoms with Crippen molar-refractivity contribution in [2.24, 2.45) is 22.7 Å². The van der Waals surface area contributed by atoms with Gasteiger partial charge in [0, 0.05) is 25.1 Å². The van der Waals surface area contributed by atoms with Gasteiger partial charge in [-0.25, -0.2) is 0 Å². The van der Waals surface area contributed by atoms with E-state index in [-0.39, 0.29) is 24.4 Å². The number of nitrogens with zero attached hydrogens (tertiary/aromatic N) is 1. The minimum atomic E-state index is -0.00468. The van der Waals surface area contributed by atoms with Gasteiger partial charge in [-0.05, 0) is 12.3 Å². The first-order valence-corrected chi connectivity index (χ1v) is 5.34. The van der Waals surface area contributed by atoms with E-state index in [4.69, 9.17) is 16.0 Å². The number of hydrogen-bond acceptors (Lipinski definition) is 4. The molecular formula is C10H23N3O2. The number of hydrogen-bond donors (Lipinski definition) is 4. The van der Waals surface area contributed by atoms with Crippen LogP contribution >= 0.6 is 0 Å². The van der Waals surface area contributed by atoms with Crippen molar-refractivity contribution in [2.45, 2.75) is 33.2 Å². The second kappa shape index (κ2) is 7.48. The zero-order chi connectivity index (χ0) is 11.8. The van der Waals surface area contributed by atoms with E-state index in [9.17, 15) is 0 Å². The third-order valence-corrected chi connectivity index (χ3v) is 2.55. The van der Waals surface area contributed by atoms with E-state index in [0.29, 0.717) is 12.5 Å². The second-order valence-corrected chi connectivity index (χ2v) is 4.20. The van der Waals surface area contributed by atoms with Crippen molar-refractivity contribution >= 4 is 5.84 Å². The first-order valence-electron chi connectivity index (χ1n) is 5.34. The van der Waals surface area contributed by atoms with Gasteiger partial charge in [-0.15, -0.1) is 0 Å². The van der Waals surface area contributed by atoms with Crippen molar-refractivity contribution in [3.63, 3.8) is 0 Å². The topological polar surface area (TPSA) is 90.9 Å². The quantitative estimate of drug-likeness (QED) is 0.214. The number of oxime groups is 1. The molecule has 5 nitrogen and oxygen atoms in total. The van der Waals surface area contributed by atoms with Crippen LogP contribution in [0.5, 0.6) is 0 Å². The zero-order valence-corrected chi connectivity index (χ0v) is 9.77. The van der Waals surface area contributed by atoms with Gasteiger partial charge < -0.3 is 21.4 Å². The molecule has 2 unspecified atom stereocenters. The molecule has 0 heterocycles. The maximum Gasteiger partial charge on any atom is 0.143 e. The van der Waals surface area contributed by atoms with Crippen LogP contribution in [-0.2, 0) is 0 Å². The lowest BCUT2D eigenvalue weighted by atomic mass is 10.0. The normalized spacial score (nSPS) is 16.7. The molecule has 5 heteroatoms. The predicted octanol–water partition coefficient (Wildman–Crippen LogP) is 0.366. The smallest absolute Gasteiger partial charge is 0.143 e. The van der Waals surface area contributed by atoms with Crippen molar-refractivity contribution < 1.29 is 10.3 Å². The van der Waals surface area contributed by atoms with Gasteiger partial charge in [0.1, 0.15) is 5.84 Å². The fraction of sp³-hybridized carbons (Fsp3) is 0.900. The van der Waals surface area contributed by atoms with E-state index in [2.05, 4.69) is 24.3 Å². The number of aliphatic hydroxyl groups is 1. The molecule has 0 aliphatic heterocycles. The monoisotopic (exact) mass is 217 g/mol. The van der Waals surface area contributed by atoms with Crippen LogP contribution in [0.15, 0.2) is 5.16 Å². The predicted molar refractivity (Wildman–Crippen MR) is 60.9 cm³/mol. The molecule has 0 saturated heterocycles. The molecule has 0 rings (SSSR count). The Kier molecular flexibility index (Phi) is 7.07. The average Bonchev–Trinajstić information content (AvgIpc) is 2.21. The first-order chi connectivity index (χ1) is 7.02. The fourth-order valence-electron chi connectivity index (χ4n) is 1.34. The van der Waals surface area contributed by atoms with E-state index in [1.54, 1.807) is 0 Å². The minimum absolute atomic E-state index is 0.00468. The van der Waals surface area contributed by atoms with Crippen molar-refractivity contribution in [1.29, 1.82) is 0 Å². The summed E-state index contributed by atoms with van der Waals surface area (Å²) in [5.41, 5.74) is 5.46. The van der Waals surface area contributed by atoms with E-state index in [1.807, 2.05) is 6.92 Å². The maximum absolute atomic E-state index is 8.88. The van der Waals surface area contributed by atoms with Gasteiger partial charge in [-0.2, -0.15) is 0 Å². The molecule has 0 spiro atoms. The maximum atomic E-state index is 8.88. The molecule has 0 aliphatic carbocycles. The van der Waals surface area contributed by atoms with Gasteiger partial charge in [0.25, 0.3) is 0 Å². The molecule has 0 aromatic carbocycles. The van der Waals surface area contributed by atoms with Gasteiger partial charge in [0.05, 0.1) is 0 Å². The van der Waals surface area contributed by atoms with Crippen LogP contribution in [0.1, 0.15) is 27.2 Å². The summed E-state index contributed by atoms with van der Waals surface area (Å²) >= 11 is 0. The highest BCUT2D eigenvalue weighted by atomic mass is 16.4. The molecule has 0 aromatic rings. The summed E-state index contributed by atoms with van der Waals surface area (Å²) in [6.07, 6.45) is 0.723. The van der Waals surface area contributed by atoms with E-state index in [1.165, 1.54) is 0 Å². The Morgan fingerprint density at radius 1 is 1.40 bits per heavy atom. The molecule has 0 aliphatic rings. The van der Waals surface area contributed by atoms with Crippen LogP contribution < -0.4 is 11.1 Å². The SMILES string of the molecule is CC(CNC(CCO)C(C)C)C(N)=NO. The largest absolute Gasteiger partial charge is 0.409 e. The van der Waals surface area contributed by atoms with Gasteiger partial charge in [-0.3, -0.25) is 0 Å². The number of nitrogens with one attached hydrogen (secondary N) is 1. The number of rotatable bonds is 7. The molecular weight excluding hydrogens is 194 g/mol. The standard InChI is InChI=1S/C10H23N3O2/c1-7(2)9(4-5-14)12-6-8(3)10(11)13-15/h7-9,12,14-15H,4-6H2,1-3H3,(H2,11,13). The minimum Gasteiger partial charge on any atom is -0.409 e. The van der Waals surface area contributed by atoms with Gasteiger partial charge in [0.15, 0.2) is 0 Å². The van der Waals surface area contributed by atoms with Gasteiger partial charge >= 0.3 is 0 Å². The Bertz CT molecular complexity index is 195. The van der Waals surface area contributed by atoms with Gasteiger partial charge in [0.2, 0.25) is 0 Å². The highest BCUT2D eigenvalue weighted by molar-refractivity contribution is 5.82. The van der Waals surface area contributed by atoms with Crippen molar-refractivity contribution in [3.8, 4) is 0 Å². The van der Waals surface area contributed by atoms with E-state index < -0.39 is 0 Å². The van der Waals surface area contributed by atoms with Crippen LogP contribution in [0.4, 0.5) is 0 Å². The molecule has 0 bridgehead atoms. The first kappa shape index (κ1) is 14.2. The molecule has 90 valence electrons. The number of nitrogens with two attached hydrogens (primary N) is 1. The molecule has 5 N–H and O–H groups in total. The Labute approximate surface area is 91.4 Å². The molecule has 0 amide bonds. The summed E-state index contributed by atoms with van der Waals surface area (Å²) in [4.78, 5) is 0. The summed E-state index contributed by atoms with van der Waals surface area (Å²) in [6, 6.07) is 0.268. The highest BCUT2D eigenvalue weighted by Crippen LogP contribution is 2.06. The lowest BCUT2D eigenvalue weighted by molar-refractivity contribution is 0.242. The van der Waals surface area contributed by atoms with Crippen LogP contribution in [0.3, 0.4) is 0 Å². The average molecular weight is 217 g/mol. The summed E-state index contributed by atoms with van der Waals surface area (Å²) < 4.78 is 0. The molecule has 0 radical (unpaired) electrons. The molecule has 15 heavy (non-hydrogen) atoms. The van der Waals surface area contributed by atoms with Crippen LogP contribution in [0.2, 0.25) is 0 Å². The van der Waals surface area contributed by atoms with Crippen molar-refractivity contribution in [3.05, 3.63) is 0 Å². The number of aliphatic hydroxyl groups excluding tert-OH is 1. The summed E-state index contributed by atoms with van der Waals surface area (Å²) in [5.74, 6) is 0.681. The Balaban J connectivity index is 3.99. The van der Waals surface area contributed by atoms with E-state index in [0.717, 1.165) is 6.42 Å². The third-order valence-electron chi connectivity index (χ3n) is 2.55. The molecule has 0 saturated carbocycles. The Hall–Kier alpha value is -0.810. The summed E-state index contributed by atoms with van der Waals surface area (Å²) in [6.45, 7) is 6.91. The lowest BCUT2D eigenvalue weighted by Gasteiger charge is -2.23. The van der Waals surface area contributed by atoms with Crippen molar-refractivity contribution in [2.75, 3.05) is 13.2 Å². The summed E-state index contributed by atoms with van der Waals surface area (Å²) in [7, 11) is 0. The Morgan fingerprint density at radius 3 is 2.40 bits per heavy atom. The highest BCUT2D eigenvalue weighted by Gasteiger charge is 2.14. The third kappa shape index (κ3) is 5.59. The van der Waals surface area contributed by atoms with E-state index >= 15 is 0 Å². The fourth-order valence-corrected chi connectivity index (χ4v) is 1.34. The molecule has 0 fully saturated rings. The van der Waals surface area contributed by atoms with Crippen LogP contribution in [-0.4, -0.2) is 35.3 Å². The Morgan fingerprint density at radius 2 is 2.00 bits per heavy atom. The molecule has 2 atom stereocenters. The lowest BCUT2D eigenvalue weighted by Crippen LogP contribution is -2.40. The van der Waals surface area contributed by atoms with Crippen LogP contribution in [0, 0.1) is 11.8 Å².